The van der Waals surface area contributed by atoms with Crippen LogP contribution in [0, 0.1) is 12.7 Å². The van der Waals surface area contributed by atoms with Gasteiger partial charge in [0, 0.05) is 0 Å². The Hall–Kier alpha value is -2.16. The van der Waals surface area contributed by atoms with Gasteiger partial charge in [0.2, 0.25) is 0 Å². The second-order valence-electron chi connectivity index (χ2n) is 3.84. The van der Waals surface area contributed by atoms with Gasteiger partial charge in [-0.25, -0.2) is 13.8 Å². The van der Waals surface area contributed by atoms with Gasteiger partial charge in [-0.3, -0.25) is 0 Å². The van der Waals surface area contributed by atoms with Gasteiger partial charge in [-0.05, 0) is 13.0 Å². The largest absolute Gasteiger partial charge is 0.504 e. The lowest BCUT2D eigenvalue weighted by Crippen LogP contribution is -2.26. The SMILES string of the molecule is Cc1nn(-c2c(F)cc(Cl)c(O)c2N)c(=O)n1C(F)F. The minimum atomic E-state index is -3.14. The van der Waals surface area contributed by atoms with Gasteiger partial charge in [0.1, 0.15) is 17.2 Å². The first kappa shape index (κ1) is 14.3. The smallest absolute Gasteiger partial charge is 0.355 e. The summed E-state index contributed by atoms with van der Waals surface area (Å²) in [7, 11) is 0. The van der Waals surface area contributed by atoms with Crippen molar-refractivity contribution in [2.45, 2.75) is 13.5 Å². The quantitative estimate of drug-likeness (QED) is 0.654. The molecule has 0 fully saturated rings. The van der Waals surface area contributed by atoms with E-state index < -0.39 is 35.2 Å². The summed E-state index contributed by atoms with van der Waals surface area (Å²) in [4.78, 5) is 11.8. The van der Waals surface area contributed by atoms with E-state index in [1.807, 2.05) is 0 Å². The van der Waals surface area contributed by atoms with E-state index in [-0.39, 0.29) is 15.4 Å². The third-order valence-electron chi connectivity index (χ3n) is 2.60. The normalized spacial score (nSPS) is 11.3. The molecule has 0 saturated carbocycles. The molecule has 108 valence electrons. The van der Waals surface area contributed by atoms with Crippen molar-refractivity contribution in [1.82, 2.24) is 14.3 Å². The van der Waals surface area contributed by atoms with Crippen LogP contribution < -0.4 is 11.4 Å². The average molecular weight is 309 g/mol. The average Bonchev–Trinajstić information content (AvgIpc) is 2.62. The summed E-state index contributed by atoms with van der Waals surface area (Å²) in [6.45, 7) is -1.99. The van der Waals surface area contributed by atoms with Gasteiger partial charge in [-0.1, -0.05) is 11.6 Å². The fraction of sp³-hybridized carbons (Fsp3) is 0.200. The van der Waals surface area contributed by atoms with Gasteiger partial charge in [-0.2, -0.15) is 13.5 Å². The zero-order valence-electron chi connectivity index (χ0n) is 9.94. The predicted octanol–water partition coefficient (Wildman–Crippen LogP) is 1.82. The molecule has 0 saturated heterocycles. The summed E-state index contributed by atoms with van der Waals surface area (Å²) in [5.74, 6) is -2.08. The Morgan fingerprint density at radius 2 is 2.10 bits per heavy atom. The molecule has 0 spiro atoms. The predicted molar refractivity (Wildman–Crippen MR) is 64.9 cm³/mol. The molecule has 2 aromatic rings. The fourth-order valence-electron chi connectivity index (χ4n) is 1.68. The summed E-state index contributed by atoms with van der Waals surface area (Å²) in [5, 5.41) is 12.7. The molecule has 1 aromatic carbocycles. The van der Waals surface area contributed by atoms with E-state index in [2.05, 4.69) is 5.10 Å². The number of rotatable bonds is 2. The van der Waals surface area contributed by atoms with E-state index in [0.717, 1.165) is 6.92 Å². The van der Waals surface area contributed by atoms with Gasteiger partial charge < -0.3 is 10.8 Å². The van der Waals surface area contributed by atoms with Crippen LogP contribution >= 0.6 is 11.6 Å². The van der Waals surface area contributed by atoms with Crippen LogP contribution in [-0.2, 0) is 0 Å². The standard InChI is InChI=1S/C10H8ClF3N4O2/c1-3-16-18(10(20)17(3)9(13)14)7-5(12)2-4(11)8(19)6(7)15/h2,9,19H,15H2,1H3. The summed E-state index contributed by atoms with van der Waals surface area (Å²) < 4.78 is 39.6. The van der Waals surface area contributed by atoms with Crippen LogP contribution in [0.1, 0.15) is 12.4 Å². The molecule has 0 atom stereocenters. The Bertz CT molecular complexity index is 741. The molecule has 1 aromatic heterocycles. The number of hydrogen-bond donors (Lipinski definition) is 2. The summed E-state index contributed by atoms with van der Waals surface area (Å²) >= 11 is 5.50. The van der Waals surface area contributed by atoms with E-state index in [1.165, 1.54) is 0 Å². The Balaban J connectivity index is 2.80. The molecular weight excluding hydrogens is 301 g/mol. The molecule has 1 heterocycles. The maximum Gasteiger partial charge on any atom is 0.355 e. The highest BCUT2D eigenvalue weighted by Gasteiger charge is 2.23. The fourth-order valence-corrected chi connectivity index (χ4v) is 1.88. The van der Waals surface area contributed by atoms with E-state index in [9.17, 15) is 23.1 Å². The number of alkyl halides is 2. The Labute approximate surface area is 114 Å². The monoisotopic (exact) mass is 308 g/mol. The number of nitrogens with two attached hydrogens (primary N) is 1. The first-order valence-corrected chi connectivity index (χ1v) is 5.56. The number of aromatic nitrogens is 3. The third-order valence-corrected chi connectivity index (χ3v) is 2.89. The van der Waals surface area contributed by atoms with Crippen molar-refractivity contribution in [2.24, 2.45) is 0 Å². The molecule has 6 nitrogen and oxygen atoms in total. The van der Waals surface area contributed by atoms with Crippen molar-refractivity contribution in [2.75, 3.05) is 5.73 Å². The summed E-state index contributed by atoms with van der Waals surface area (Å²) in [6.07, 6.45) is 0. The van der Waals surface area contributed by atoms with Gasteiger partial charge in [0.25, 0.3) is 0 Å². The number of phenols is 1. The van der Waals surface area contributed by atoms with E-state index >= 15 is 0 Å². The minimum absolute atomic E-state index is 0.0601. The number of aromatic hydroxyl groups is 1. The van der Waals surface area contributed by atoms with Crippen molar-refractivity contribution in [3.63, 3.8) is 0 Å². The summed E-state index contributed by atoms with van der Waals surface area (Å²) in [6, 6.07) is 0.700. The highest BCUT2D eigenvalue weighted by atomic mass is 35.5. The molecule has 0 aliphatic rings. The van der Waals surface area contributed by atoms with Crippen LogP contribution in [0.15, 0.2) is 10.9 Å². The molecule has 0 bridgehead atoms. The van der Waals surface area contributed by atoms with Crippen molar-refractivity contribution >= 4 is 17.3 Å². The molecule has 20 heavy (non-hydrogen) atoms. The number of anilines is 1. The van der Waals surface area contributed by atoms with Crippen molar-refractivity contribution in [1.29, 1.82) is 0 Å². The maximum absolute atomic E-state index is 13.8. The van der Waals surface area contributed by atoms with Crippen LogP contribution in [0.5, 0.6) is 5.75 Å². The highest BCUT2D eigenvalue weighted by molar-refractivity contribution is 6.32. The minimum Gasteiger partial charge on any atom is -0.504 e. The first-order valence-electron chi connectivity index (χ1n) is 5.18. The van der Waals surface area contributed by atoms with E-state index in [4.69, 9.17) is 17.3 Å². The molecule has 0 radical (unpaired) electrons. The van der Waals surface area contributed by atoms with Gasteiger partial charge in [0.15, 0.2) is 11.6 Å². The molecular formula is C10H8ClF3N4O2. The zero-order chi connectivity index (χ0) is 15.2. The van der Waals surface area contributed by atoms with Crippen LogP contribution in [-0.4, -0.2) is 19.5 Å². The topological polar surface area (TPSA) is 86.1 Å². The number of hydrogen-bond acceptors (Lipinski definition) is 4. The van der Waals surface area contributed by atoms with Crippen molar-refractivity contribution in [3.05, 3.63) is 33.2 Å². The molecule has 0 unspecified atom stereocenters. The van der Waals surface area contributed by atoms with Crippen molar-refractivity contribution in [3.8, 4) is 11.4 Å². The van der Waals surface area contributed by atoms with Gasteiger partial charge >= 0.3 is 12.2 Å². The van der Waals surface area contributed by atoms with Gasteiger partial charge in [-0.15, -0.1) is 5.10 Å². The number of halogens is 4. The van der Waals surface area contributed by atoms with E-state index in [0.29, 0.717) is 10.7 Å². The summed E-state index contributed by atoms with van der Waals surface area (Å²) in [5.41, 5.74) is 2.95. The zero-order valence-corrected chi connectivity index (χ0v) is 10.7. The Kier molecular flexibility index (Phi) is 3.38. The highest BCUT2D eigenvalue weighted by Crippen LogP contribution is 2.35. The van der Waals surface area contributed by atoms with Gasteiger partial charge in [0.05, 0.1) is 5.02 Å². The first-order chi connectivity index (χ1) is 9.25. The lowest BCUT2D eigenvalue weighted by Gasteiger charge is -2.09. The number of benzene rings is 1. The van der Waals surface area contributed by atoms with Crippen LogP contribution in [0.25, 0.3) is 5.69 Å². The Morgan fingerprint density at radius 3 is 2.60 bits per heavy atom. The molecule has 0 amide bonds. The second kappa shape index (κ2) is 4.75. The van der Waals surface area contributed by atoms with Crippen LogP contribution in [0.3, 0.4) is 0 Å². The second-order valence-corrected chi connectivity index (χ2v) is 4.25. The number of nitrogen functional groups attached to an aromatic ring is 1. The molecule has 10 heteroatoms. The van der Waals surface area contributed by atoms with E-state index in [1.54, 1.807) is 0 Å². The lowest BCUT2D eigenvalue weighted by atomic mass is 10.2. The van der Waals surface area contributed by atoms with Crippen LogP contribution in [0.4, 0.5) is 18.9 Å². The van der Waals surface area contributed by atoms with Crippen molar-refractivity contribution < 1.29 is 18.3 Å². The number of nitrogens with zero attached hydrogens (tertiary/aromatic N) is 3. The maximum atomic E-state index is 13.8. The molecule has 2 rings (SSSR count). The van der Waals surface area contributed by atoms with Crippen LogP contribution in [0.2, 0.25) is 5.02 Å². The third kappa shape index (κ3) is 1.99. The molecule has 0 aliphatic carbocycles. The number of phenolic OH excluding ortho intramolecular Hbond substituents is 1. The molecule has 3 N–H and O–H groups in total. The number of aryl methyl sites for hydroxylation is 1. The molecule has 0 aliphatic heterocycles. The lowest BCUT2D eigenvalue weighted by molar-refractivity contribution is 0.0640. The Morgan fingerprint density at radius 1 is 1.50 bits per heavy atom.